The molecule has 0 aliphatic rings. The number of aryl methyl sites for hydroxylation is 1. The van der Waals surface area contributed by atoms with Gasteiger partial charge in [-0.3, -0.25) is 4.79 Å². The molecule has 2 unspecified atom stereocenters. The second-order valence-electron chi connectivity index (χ2n) is 6.18. The van der Waals surface area contributed by atoms with Crippen LogP contribution < -0.4 is 15.2 Å². The molecule has 0 bridgehead atoms. The summed E-state index contributed by atoms with van der Waals surface area (Å²) >= 11 is 0. The molecule has 5 nitrogen and oxygen atoms in total. The third-order valence-electron chi connectivity index (χ3n) is 4.15. The lowest BCUT2D eigenvalue weighted by atomic mass is 9.88. The van der Waals surface area contributed by atoms with Gasteiger partial charge >= 0.3 is 18.7 Å². The maximum Gasteiger partial charge on any atom is 0.573 e. The first-order chi connectivity index (χ1) is 12.8. The normalized spacial score (nSPS) is 14.4. The SMILES string of the molecule is CCC(CCc1ccc(OC(F)(F)F)cc1OC(F)(F)F)CC(CN)C(=O)O. The van der Waals surface area contributed by atoms with E-state index < -0.39 is 36.1 Å². The maximum absolute atomic E-state index is 12.6. The van der Waals surface area contributed by atoms with Gasteiger partial charge in [0, 0.05) is 12.6 Å². The monoisotopic (exact) mass is 417 g/mol. The number of hydrogen-bond donors (Lipinski definition) is 2. The molecule has 28 heavy (non-hydrogen) atoms. The Morgan fingerprint density at radius 2 is 1.75 bits per heavy atom. The van der Waals surface area contributed by atoms with Gasteiger partial charge in [-0.25, -0.2) is 0 Å². The van der Waals surface area contributed by atoms with Crippen LogP contribution in [0.4, 0.5) is 26.3 Å². The molecule has 0 aliphatic carbocycles. The molecular weight excluding hydrogens is 396 g/mol. The lowest BCUT2D eigenvalue weighted by molar-refractivity contribution is -0.276. The Morgan fingerprint density at radius 1 is 1.14 bits per heavy atom. The van der Waals surface area contributed by atoms with Crippen molar-refractivity contribution in [2.45, 2.75) is 45.3 Å². The number of hydrogen-bond acceptors (Lipinski definition) is 4. The molecule has 3 N–H and O–H groups in total. The smallest absolute Gasteiger partial charge is 0.481 e. The molecule has 160 valence electrons. The van der Waals surface area contributed by atoms with Gasteiger partial charge in [-0.05, 0) is 36.8 Å². The van der Waals surface area contributed by atoms with Crippen molar-refractivity contribution in [1.29, 1.82) is 0 Å². The summed E-state index contributed by atoms with van der Waals surface area (Å²) in [6.45, 7) is 1.73. The van der Waals surface area contributed by atoms with E-state index in [2.05, 4.69) is 9.47 Å². The van der Waals surface area contributed by atoms with Crippen molar-refractivity contribution in [3.8, 4) is 11.5 Å². The van der Waals surface area contributed by atoms with Crippen LogP contribution in [-0.2, 0) is 11.2 Å². The Kier molecular flexibility index (Phi) is 8.40. The molecule has 0 saturated heterocycles. The zero-order valence-electron chi connectivity index (χ0n) is 14.9. The van der Waals surface area contributed by atoms with Crippen LogP contribution in [0.15, 0.2) is 18.2 Å². The van der Waals surface area contributed by atoms with Crippen molar-refractivity contribution in [3.05, 3.63) is 23.8 Å². The molecule has 0 saturated carbocycles. The van der Waals surface area contributed by atoms with Crippen molar-refractivity contribution >= 4 is 5.97 Å². The molecular formula is C17H21F6NO4. The van der Waals surface area contributed by atoms with Gasteiger partial charge in [0.2, 0.25) is 0 Å². The summed E-state index contributed by atoms with van der Waals surface area (Å²) in [4.78, 5) is 11.1. The second kappa shape index (κ2) is 9.85. The predicted octanol–water partition coefficient (Wildman–Crippen LogP) is 4.49. The van der Waals surface area contributed by atoms with Gasteiger partial charge in [-0.2, -0.15) is 0 Å². The molecule has 0 spiro atoms. The summed E-state index contributed by atoms with van der Waals surface area (Å²) in [5, 5.41) is 9.07. The fourth-order valence-electron chi connectivity index (χ4n) is 2.71. The van der Waals surface area contributed by atoms with E-state index in [0.29, 0.717) is 18.9 Å². The summed E-state index contributed by atoms with van der Waals surface area (Å²) < 4.78 is 82.1. The topological polar surface area (TPSA) is 81.8 Å². The summed E-state index contributed by atoms with van der Waals surface area (Å²) in [5.41, 5.74) is 5.45. The zero-order valence-corrected chi connectivity index (χ0v) is 14.9. The number of carbonyl (C=O) groups is 1. The summed E-state index contributed by atoms with van der Waals surface area (Å²) in [6, 6.07) is 2.48. The molecule has 2 atom stereocenters. The van der Waals surface area contributed by atoms with Crippen LogP contribution in [0.2, 0.25) is 0 Å². The van der Waals surface area contributed by atoms with Crippen LogP contribution in [0.3, 0.4) is 0 Å². The van der Waals surface area contributed by atoms with Gasteiger partial charge in [0.25, 0.3) is 0 Å². The lowest BCUT2D eigenvalue weighted by Gasteiger charge is -2.20. The van der Waals surface area contributed by atoms with E-state index in [4.69, 9.17) is 10.8 Å². The Bertz CT molecular complexity index is 648. The maximum atomic E-state index is 12.6. The highest BCUT2D eigenvalue weighted by Crippen LogP contribution is 2.34. The number of ether oxygens (including phenoxy) is 2. The average molecular weight is 417 g/mol. The van der Waals surface area contributed by atoms with E-state index in [9.17, 15) is 31.1 Å². The van der Waals surface area contributed by atoms with Crippen LogP contribution >= 0.6 is 0 Å². The minimum absolute atomic E-state index is 0.0323. The fourth-order valence-corrected chi connectivity index (χ4v) is 2.71. The van der Waals surface area contributed by atoms with Crippen LogP contribution in [-0.4, -0.2) is 30.3 Å². The number of carboxylic acids is 1. The van der Waals surface area contributed by atoms with Gasteiger partial charge in [0.05, 0.1) is 5.92 Å². The zero-order chi connectivity index (χ0) is 21.5. The van der Waals surface area contributed by atoms with E-state index in [1.807, 2.05) is 0 Å². The lowest BCUT2D eigenvalue weighted by Crippen LogP contribution is -2.26. The Morgan fingerprint density at radius 3 is 2.21 bits per heavy atom. The first-order valence-corrected chi connectivity index (χ1v) is 8.41. The highest BCUT2D eigenvalue weighted by molar-refractivity contribution is 5.70. The largest absolute Gasteiger partial charge is 0.573 e. The Hall–Kier alpha value is -2.17. The van der Waals surface area contributed by atoms with Crippen LogP contribution in [0.25, 0.3) is 0 Å². The van der Waals surface area contributed by atoms with E-state index in [-0.39, 0.29) is 30.9 Å². The number of nitrogens with two attached hydrogens (primary N) is 1. The minimum Gasteiger partial charge on any atom is -0.481 e. The molecule has 1 aromatic carbocycles. The number of benzene rings is 1. The second-order valence-corrected chi connectivity index (χ2v) is 6.18. The number of rotatable bonds is 10. The number of aliphatic carboxylic acids is 1. The van der Waals surface area contributed by atoms with Gasteiger partial charge in [0.15, 0.2) is 0 Å². The highest BCUT2D eigenvalue weighted by Gasteiger charge is 2.34. The summed E-state index contributed by atoms with van der Waals surface area (Å²) in [7, 11) is 0. The minimum atomic E-state index is -5.09. The van der Waals surface area contributed by atoms with Gasteiger partial charge in [0.1, 0.15) is 11.5 Å². The number of halogens is 6. The Labute approximate surface area is 157 Å². The first kappa shape index (κ1) is 23.9. The van der Waals surface area contributed by atoms with E-state index in [0.717, 1.165) is 12.1 Å². The molecule has 0 aliphatic heterocycles. The van der Waals surface area contributed by atoms with Crippen LogP contribution in [0.1, 0.15) is 31.7 Å². The molecule has 1 aromatic rings. The molecule has 0 fully saturated rings. The van der Waals surface area contributed by atoms with E-state index >= 15 is 0 Å². The molecule has 11 heteroatoms. The van der Waals surface area contributed by atoms with Gasteiger partial charge in [-0.15, -0.1) is 26.3 Å². The van der Waals surface area contributed by atoms with Gasteiger partial charge < -0.3 is 20.3 Å². The van der Waals surface area contributed by atoms with E-state index in [1.54, 1.807) is 6.92 Å². The van der Waals surface area contributed by atoms with Crippen molar-refractivity contribution in [2.75, 3.05) is 6.54 Å². The third-order valence-corrected chi connectivity index (χ3v) is 4.15. The van der Waals surface area contributed by atoms with Crippen molar-refractivity contribution in [3.63, 3.8) is 0 Å². The van der Waals surface area contributed by atoms with Crippen molar-refractivity contribution < 1.29 is 45.7 Å². The van der Waals surface area contributed by atoms with Gasteiger partial charge in [-0.1, -0.05) is 19.4 Å². The fraction of sp³-hybridized carbons (Fsp3) is 0.588. The summed E-state index contributed by atoms with van der Waals surface area (Å²) in [5.74, 6) is -3.61. The quantitative estimate of drug-likeness (QED) is 0.548. The first-order valence-electron chi connectivity index (χ1n) is 8.41. The molecule has 0 aromatic heterocycles. The molecule has 0 amide bonds. The predicted molar refractivity (Wildman–Crippen MR) is 86.7 cm³/mol. The Balaban J connectivity index is 2.96. The summed E-state index contributed by atoms with van der Waals surface area (Å²) in [6.07, 6.45) is -8.98. The number of carboxylic acid groups (broad SMARTS) is 1. The van der Waals surface area contributed by atoms with Crippen LogP contribution in [0.5, 0.6) is 11.5 Å². The third kappa shape index (κ3) is 8.68. The molecule has 0 heterocycles. The van der Waals surface area contributed by atoms with Crippen molar-refractivity contribution in [1.82, 2.24) is 0 Å². The van der Waals surface area contributed by atoms with E-state index in [1.165, 1.54) is 0 Å². The number of alkyl halides is 6. The average Bonchev–Trinajstić information content (AvgIpc) is 2.53. The highest BCUT2D eigenvalue weighted by atomic mass is 19.4. The molecule has 1 rings (SSSR count). The van der Waals surface area contributed by atoms with Crippen molar-refractivity contribution in [2.24, 2.45) is 17.6 Å². The van der Waals surface area contributed by atoms with Crippen LogP contribution in [0, 0.1) is 11.8 Å². The molecule has 0 radical (unpaired) electrons. The standard InChI is InChI=1S/C17H21F6NO4/c1-2-10(7-12(9-24)15(25)26)3-4-11-5-6-13(27-16(18,19)20)8-14(11)28-17(21,22)23/h5-6,8,10,12H,2-4,7,9,24H2,1H3,(H,25,26).